The van der Waals surface area contributed by atoms with E-state index in [2.05, 4.69) is 0 Å². The van der Waals surface area contributed by atoms with E-state index in [9.17, 15) is 18.4 Å². The summed E-state index contributed by atoms with van der Waals surface area (Å²) in [5, 5.41) is -0.158. The predicted octanol–water partition coefficient (Wildman–Crippen LogP) is 3.55. The van der Waals surface area contributed by atoms with Crippen LogP contribution >= 0.6 is 0 Å². The maximum atomic E-state index is 14.2. The van der Waals surface area contributed by atoms with Crippen LogP contribution in [0.15, 0.2) is 41.3 Å². The molecule has 0 saturated heterocycles. The number of halogens is 2. The Morgan fingerprint density at radius 3 is 2.80 bits per heavy atom. The lowest BCUT2D eigenvalue weighted by Gasteiger charge is -2.24. The van der Waals surface area contributed by atoms with Crippen molar-refractivity contribution >= 4 is 16.9 Å². The lowest BCUT2D eigenvalue weighted by molar-refractivity contribution is 0.0524. The molecule has 0 N–H and O–H groups in total. The topological polar surface area (TPSA) is 57.5 Å². The van der Waals surface area contributed by atoms with Gasteiger partial charge in [0.25, 0.3) is 0 Å². The molecule has 0 amide bonds. The molecule has 0 spiro atoms. The van der Waals surface area contributed by atoms with Crippen LogP contribution in [0.4, 0.5) is 8.78 Å². The third kappa shape index (κ3) is 2.12. The number of nitrogens with zero attached hydrogens (tertiary/aromatic N) is 1. The van der Waals surface area contributed by atoms with Gasteiger partial charge >= 0.3 is 5.97 Å². The fourth-order valence-corrected chi connectivity index (χ4v) is 2.89. The first-order chi connectivity index (χ1) is 12.0. The largest absolute Gasteiger partial charge is 0.462 e. The number of pyridine rings is 1. The number of rotatable bonds is 2. The van der Waals surface area contributed by atoms with Crippen LogP contribution in [0.5, 0.6) is 11.5 Å². The fourth-order valence-electron chi connectivity index (χ4n) is 2.89. The molecule has 1 aliphatic rings. The number of hydrogen-bond donors (Lipinski definition) is 0. The Morgan fingerprint density at radius 2 is 2.04 bits per heavy atom. The van der Waals surface area contributed by atoms with Crippen LogP contribution in [-0.4, -0.2) is 17.1 Å². The average molecular weight is 343 g/mol. The minimum absolute atomic E-state index is 0.0654. The van der Waals surface area contributed by atoms with E-state index in [-0.39, 0.29) is 34.6 Å². The number of carbonyl (C=O) groups is 1. The smallest absolute Gasteiger partial charge is 0.343 e. The van der Waals surface area contributed by atoms with Gasteiger partial charge in [-0.05, 0) is 25.1 Å². The van der Waals surface area contributed by atoms with Crippen molar-refractivity contribution in [1.82, 2.24) is 4.57 Å². The molecule has 126 valence electrons. The SMILES string of the molecule is CCOC(=O)c1cn2c3c(c(F)c(F)cc3c1=O)Oc1ccccc1-2. The van der Waals surface area contributed by atoms with E-state index in [1.54, 1.807) is 31.2 Å². The number of hydrogen-bond acceptors (Lipinski definition) is 4. The molecule has 0 unspecified atom stereocenters. The maximum absolute atomic E-state index is 14.2. The van der Waals surface area contributed by atoms with E-state index in [0.717, 1.165) is 6.07 Å². The highest BCUT2D eigenvalue weighted by Gasteiger charge is 2.28. The van der Waals surface area contributed by atoms with E-state index < -0.39 is 23.0 Å². The maximum Gasteiger partial charge on any atom is 0.343 e. The van der Waals surface area contributed by atoms with Gasteiger partial charge in [0.15, 0.2) is 17.3 Å². The Kier molecular flexibility index (Phi) is 3.31. The molecule has 1 aromatic heterocycles. The van der Waals surface area contributed by atoms with Crippen LogP contribution < -0.4 is 10.2 Å². The zero-order valence-corrected chi connectivity index (χ0v) is 13.0. The van der Waals surface area contributed by atoms with E-state index in [4.69, 9.17) is 9.47 Å². The number of aromatic nitrogens is 1. The van der Waals surface area contributed by atoms with Crippen molar-refractivity contribution in [3.8, 4) is 17.2 Å². The van der Waals surface area contributed by atoms with Crippen LogP contribution in [0.25, 0.3) is 16.6 Å². The number of ether oxygens (including phenoxy) is 2. The Morgan fingerprint density at radius 1 is 1.28 bits per heavy atom. The van der Waals surface area contributed by atoms with Gasteiger partial charge in [0.2, 0.25) is 11.2 Å². The van der Waals surface area contributed by atoms with Gasteiger partial charge in [0.1, 0.15) is 11.1 Å². The Labute approximate surface area is 140 Å². The monoisotopic (exact) mass is 343 g/mol. The molecule has 0 atom stereocenters. The molecule has 0 radical (unpaired) electrons. The summed E-state index contributed by atoms with van der Waals surface area (Å²) in [6.45, 7) is 1.69. The Bertz CT molecular complexity index is 1100. The zero-order chi connectivity index (χ0) is 17.7. The standard InChI is InChI=1S/C18H11F2NO4/c1-2-24-18(23)10-8-21-12-5-3-4-6-13(12)25-17-14(20)11(19)7-9(15(17)21)16(10)22/h3-8H,2H2,1H3. The second-order valence-electron chi connectivity index (χ2n) is 5.43. The van der Waals surface area contributed by atoms with Crippen molar-refractivity contribution in [3.05, 3.63) is 63.9 Å². The number of carbonyl (C=O) groups excluding carboxylic acids is 1. The molecular weight excluding hydrogens is 332 g/mol. The summed E-state index contributed by atoms with van der Waals surface area (Å²) in [4.78, 5) is 24.7. The Balaban J connectivity index is 2.17. The molecule has 4 rings (SSSR count). The van der Waals surface area contributed by atoms with Gasteiger partial charge in [-0.3, -0.25) is 4.79 Å². The Hall–Kier alpha value is -3.22. The van der Waals surface area contributed by atoms with Gasteiger partial charge < -0.3 is 14.0 Å². The minimum Gasteiger partial charge on any atom is -0.462 e. The summed E-state index contributed by atoms with van der Waals surface area (Å²) >= 11 is 0. The van der Waals surface area contributed by atoms with E-state index >= 15 is 0 Å². The molecule has 7 heteroatoms. The van der Waals surface area contributed by atoms with E-state index in [1.165, 1.54) is 10.8 Å². The molecule has 0 fully saturated rings. The first-order valence-electron chi connectivity index (χ1n) is 7.54. The van der Waals surface area contributed by atoms with Gasteiger partial charge in [-0.25, -0.2) is 9.18 Å². The van der Waals surface area contributed by atoms with Crippen molar-refractivity contribution in [3.63, 3.8) is 0 Å². The number of benzene rings is 2. The third-order valence-electron chi connectivity index (χ3n) is 3.97. The van der Waals surface area contributed by atoms with Gasteiger partial charge in [-0.2, -0.15) is 4.39 Å². The van der Waals surface area contributed by atoms with Crippen molar-refractivity contribution in [2.45, 2.75) is 6.92 Å². The molecule has 25 heavy (non-hydrogen) atoms. The van der Waals surface area contributed by atoms with Crippen LogP contribution in [0, 0.1) is 11.6 Å². The predicted molar refractivity (Wildman–Crippen MR) is 85.5 cm³/mol. The summed E-state index contributed by atoms with van der Waals surface area (Å²) < 4.78 is 40.0. The number of esters is 1. The number of fused-ring (bicyclic) bond motifs is 2. The molecule has 0 saturated carbocycles. The minimum atomic E-state index is -1.23. The molecular formula is C18H11F2NO4. The highest BCUT2D eigenvalue weighted by Crippen LogP contribution is 2.41. The number of para-hydroxylation sites is 2. The summed E-state index contributed by atoms with van der Waals surface area (Å²) in [6, 6.07) is 7.43. The molecule has 0 aliphatic carbocycles. The van der Waals surface area contributed by atoms with Gasteiger partial charge in [0, 0.05) is 6.20 Å². The summed E-state index contributed by atoms with van der Waals surface area (Å²) in [7, 11) is 0. The molecule has 5 nitrogen and oxygen atoms in total. The van der Waals surface area contributed by atoms with E-state index in [1.807, 2.05) is 0 Å². The summed E-state index contributed by atoms with van der Waals surface area (Å²) in [5.41, 5.74) is -0.442. The zero-order valence-electron chi connectivity index (χ0n) is 13.0. The molecule has 0 bridgehead atoms. The van der Waals surface area contributed by atoms with Crippen LogP contribution in [-0.2, 0) is 4.74 Å². The summed E-state index contributed by atoms with van der Waals surface area (Å²) in [5.74, 6) is -3.36. The fraction of sp³-hybridized carbons (Fsp3) is 0.111. The lowest BCUT2D eigenvalue weighted by atomic mass is 10.1. The first kappa shape index (κ1) is 15.3. The molecule has 3 aromatic rings. The average Bonchev–Trinajstić information content (AvgIpc) is 2.61. The molecule has 1 aliphatic heterocycles. The highest BCUT2D eigenvalue weighted by atomic mass is 19.2. The lowest BCUT2D eigenvalue weighted by Crippen LogP contribution is -2.22. The third-order valence-corrected chi connectivity index (χ3v) is 3.97. The normalized spacial score (nSPS) is 11.8. The second kappa shape index (κ2) is 5.41. The van der Waals surface area contributed by atoms with Crippen molar-refractivity contribution in [1.29, 1.82) is 0 Å². The van der Waals surface area contributed by atoms with Gasteiger partial charge in [-0.15, -0.1) is 0 Å². The molecule has 2 heterocycles. The van der Waals surface area contributed by atoms with E-state index in [0.29, 0.717) is 5.69 Å². The highest BCUT2D eigenvalue weighted by molar-refractivity contribution is 5.97. The van der Waals surface area contributed by atoms with Crippen LogP contribution in [0.2, 0.25) is 0 Å². The first-order valence-corrected chi connectivity index (χ1v) is 7.54. The van der Waals surface area contributed by atoms with Gasteiger partial charge in [-0.1, -0.05) is 12.1 Å². The van der Waals surface area contributed by atoms with Crippen LogP contribution in [0.1, 0.15) is 17.3 Å². The quantitative estimate of drug-likeness (QED) is 0.522. The van der Waals surface area contributed by atoms with Crippen LogP contribution in [0.3, 0.4) is 0 Å². The van der Waals surface area contributed by atoms with Crippen molar-refractivity contribution in [2.24, 2.45) is 0 Å². The van der Waals surface area contributed by atoms with Crippen molar-refractivity contribution < 1.29 is 23.0 Å². The van der Waals surface area contributed by atoms with Gasteiger partial charge in [0.05, 0.1) is 17.7 Å². The second-order valence-corrected chi connectivity index (χ2v) is 5.43. The molecule has 2 aromatic carbocycles. The van der Waals surface area contributed by atoms with Crippen molar-refractivity contribution in [2.75, 3.05) is 6.61 Å². The summed E-state index contributed by atoms with van der Waals surface area (Å²) in [6.07, 6.45) is 1.27.